The predicted octanol–water partition coefficient (Wildman–Crippen LogP) is 7.57. The normalized spacial score (nSPS) is 21.6. The maximum atomic E-state index is 13.8. The fraction of sp³-hybridized carbons (Fsp3) is 0.438. The number of ether oxygens (including phenoxy) is 3. The molecule has 1 aliphatic heterocycles. The van der Waals surface area contributed by atoms with Crippen LogP contribution in [0.5, 0.6) is 0 Å². The third-order valence-corrected chi connectivity index (χ3v) is 6.73. The van der Waals surface area contributed by atoms with Crippen molar-refractivity contribution in [3.8, 4) is 11.1 Å². The number of pyridine rings is 1. The van der Waals surface area contributed by atoms with Gasteiger partial charge in [-0.3, -0.25) is 9.78 Å². The van der Waals surface area contributed by atoms with E-state index in [-0.39, 0.29) is 30.4 Å². The molecule has 0 amide bonds. The quantitative estimate of drug-likeness (QED) is 0.316. The zero-order valence-electron chi connectivity index (χ0n) is 22.8. The number of hydrogen-bond acceptors (Lipinski definition) is 5. The number of carbonyl (C=O) groups excluding carboxylic acids is 1. The molecule has 0 spiro atoms. The van der Waals surface area contributed by atoms with E-state index in [4.69, 9.17) is 19.2 Å². The molecule has 1 saturated carbocycles. The Hall–Kier alpha value is -3.09. The monoisotopic (exact) mass is 517 g/mol. The van der Waals surface area contributed by atoms with E-state index in [0.717, 1.165) is 46.1 Å². The molecule has 1 aliphatic carbocycles. The Balaban J connectivity index is 1.51. The van der Waals surface area contributed by atoms with Gasteiger partial charge in [0.05, 0.1) is 29.8 Å². The first-order valence-electron chi connectivity index (χ1n) is 13.4. The molecule has 1 aromatic heterocycles. The summed E-state index contributed by atoms with van der Waals surface area (Å²) in [5.74, 6) is -0.983. The van der Waals surface area contributed by atoms with Crippen LogP contribution in [0.15, 0.2) is 54.6 Å². The Labute approximate surface area is 224 Å². The van der Waals surface area contributed by atoms with E-state index in [1.54, 1.807) is 0 Å². The van der Waals surface area contributed by atoms with Crippen LogP contribution >= 0.6 is 0 Å². The summed E-state index contributed by atoms with van der Waals surface area (Å²) in [5.41, 5.74) is 4.49. The lowest BCUT2D eigenvalue weighted by atomic mass is 9.92. The first-order valence-corrected chi connectivity index (χ1v) is 13.4. The molecule has 5 rings (SSSR count). The maximum Gasteiger partial charge on any atom is 0.308 e. The molecule has 5 nitrogen and oxygen atoms in total. The van der Waals surface area contributed by atoms with Gasteiger partial charge in [0.1, 0.15) is 11.4 Å². The molecule has 200 valence electrons. The van der Waals surface area contributed by atoms with Crippen LogP contribution in [-0.4, -0.2) is 34.5 Å². The van der Waals surface area contributed by atoms with Crippen molar-refractivity contribution in [2.75, 3.05) is 0 Å². The maximum absolute atomic E-state index is 13.8. The number of rotatable bonds is 6. The van der Waals surface area contributed by atoms with Gasteiger partial charge in [-0.15, -0.1) is 0 Å². The molecule has 0 unspecified atom stereocenters. The van der Waals surface area contributed by atoms with Crippen molar-refractivity contribution in [2.45, 2.75) is 89.8 Å². The number of esters is 1. The highest BCUT2D eigenvalue weighted by atomic mass is 19.1. The lowest BCUT2D eigenvalue weighted by molar-refractivity contribution is -0.290. The van der Waals surface area contributed by atoms with Gasteiger partial charge in [-0.2, -0.15) is 0 Å². The SMILES string of the molecule is CC(C)(C)OC(=O)C[C@H]1C[C@H](/C=C\c2c(C3CC3)nc3ccccc3c2-c2ccc(F)cc2)OC(C)(C)O1. The Morgan fingerprint density at radius 3 is 2.50 bits per heavy atom. The predicted molar refractivity (Wildman–Crippen MR) is 147 cm³/mol. The van der Waals surface area contributed by atoms with E-state index < -0.39 is 11.4 Å². The number of nitrogens with zero attached hydrogens (tertiary/aromatic N) is 1. The number of benzene rings is 2. The number of aromatic nitrogens is 1. The minimum Gasteiger partial charge on any atom is -0.460 e. The highest BCUT2D eigenvalue weighted by molar-refractivity contribution is 5.99. The van der Waals surface area contributed by atoms with Gasteiger partial charge in [-0.05, 0) is 71.2 Å². The van der Waals surface area contributed by atoms with Crippen LogP contribution in [0.3, 0.4) is 0 Å². The fourth-order valence-electron chi connectivity index (χ4n) is 5.17. The largest absolute Gasteiger partial charge is 0.460 e. The van der Waals surface area contributed by atoms with Crippen LogP contribution < -0.4 is 0 Å². The molecule has 2 fully saturated rings. The average Bonchev–Trinajstić information content (AvgIpc) is 3.66. The first-order chi connectivity index (χ1) is 18.0. The van der Waals surface area contributed by atoms with Crippen molar-refractivity contribution >= 4 is 22.9 Å². The van der Waals surface area contributed by atoms with Gasteiger partial charge >= 0.3 is 5.97 Å². The summed E-state index contributed by atoms with van der Waals surface area (Å²) in [4.78, 5) is 17.6. The number of carbonyl (C=O) groups is 1. The van der Waals surface area contributed by atoms with Crippen molar-refractivity contribution in [3.63, 3.8) is 0 Å². The van der Waals surface area contributed by atoms with Gasteiger partial charge < -0.3 is 14.2 Å². The highest BCUT2D eigenvalue weighted by Crippen LogP contribution is 2.45. The van der Waals surface area contributed by atoms with E-state index in [0.29, 0.717) is 12.3 Å². The van der Waals surface area contributed by atoms with Gasteiger partial charge in [0, 0.05) is 28.9 Å². The van der Waals surface area contributed by atoms with Gasteiger partial charge in [0.2, 0.25) is 0 Å². The third kappa shape index (κ3) is 6.30. The van der Waals surface area contributed by atoms with Crippen molar-refractivity contribution < 1.29 is 23.4 Å². The number of para-hydroxylation sites is 1. The molecule has 0 N–H and O–H groups in total. The third-order valence-electron chi connectivity index (χ3n) is 6.73. The fourth-order valence-corrected chi connectivity index (χ4v) is 5.17. The van der Waals surface area contributed by atoms with Crippen LogP contribution in [-0.2, 0) is 19.0 Å². The van der Waals surface area contributed by atoms with Gasteiger partial charge in [-0.1, -0.05) is 42.5 Å². The highest BCUT2D eigenvalue weighted by Gasteiger charge is 2.36. The lowest BCUT2D eigenvalue weighted by Crippen LogP contribution is -2.45. The van der Waals surface area contributed by atoms with Crippen LogP contribution in [0, 0.1) is 5.82 Å². The Morgan fingerprint density at radius 2 is 1.82 bits per heavy atom. The van der Waals surface area contributed by atoms with E-state index in [1.165, 1.54) is 12.1 Å². The smallest absolute Gasteiger partial charge is 0.308 e. The molecule has 0 radical (unpaired) electrons. The second-order valence-corrected chi connectivity index (χ2v) is 11.8. The Morgan fingerprint density at radius 1 is 1.11 bits per heavy atom. The minimum atomic E-state index is -0.847. The van der Waals surface area contributed by atoms with Crippen molar-refractivity contribution in [2.24, 2.45) is 0 Å². The Kier molecular flexibility index (Phi) is 7.14. The summed E-state index contributed by atoms with van der Waals surface area (Å²) >= 11 is 0. The van der Waals surface area contributed by atoms with Crippen LogP contribution in [0.25, 0.3) is 28.1 Å². The summed E-state index contributed by atoms with van der Waals surface area (Å²) in [6.45, 7) is 9.31. The summed E-state index contributed by atoms with van der Waals surface area (Å²) in [5, 5.41) is 1.03. The van der Waals surface area contributed by atoms with Crippen molar-refractivity contribution in [1.29, 1.82) is 0 Å². The molecular formula is C32H36FNO4. The zero-order valence-corrected chi connectivity index (χ0v) is 22.8. The topological polar surface area (TPSA) is 57.7 Å². The average molecular weight is 518 g/mol. The van der Waals surface area contributed by atoms with Crippen molar-refractivity contribution in [3.05, 3.63) is 71.7 Å². The van der Waals surface area contributed by atoms with Gasteiger partial charge in [0.25, 0.3) is 0 Å². The molecular weight excluding hydrogens is 481 g/mol. The second kappa shape index (κ2) is 10.2. The van der Waals surface area contributed by atoms with Crippen LogP contribution in [0.4, 0.5) is 4.39 Å². The van der Waals surface area contributed by atoms with Crippen LogP contribution in [0.1, 0.15) is 77.5 Å². The molecule has 1 saturated heterocycles. The van der Waals surface area contributed by atoms with E-state index in [9.17, 15) is 9.18 Å². The molecule has 6 heteroatoms. The molecule has 3 aromatic rings. The molecule has 38 heavy (non-hydrogen) atoms. The first kappa shape index (κ1) is 26.5. The second-order valence-electron chi connectivity index (χ2n) is 11.8. The van der Waals surface area contributed by atoms with Gasteiger partial charge in [-0.25, -0.2) is 4.39 Å². The van der Waals surface area contributed by atoms with Crippen molar-refractivity contribution in [1.82, 2.24) is 4.98 Å². The van der Waals surface area contributed by atoms with E-state index in [2.05, 4.69) is 18.2 Å². The summed E-state index contributed by atoms with van der Waals surface area (Å²) in [6, 6.07) is 14.8. The van der Waals surface area contributed by atoms with Crippen LogP contribution in [0.2, 0.25) is 0 Å². The minimum absolute atomic E-state index is 0.167. The summed E-state index contributed by atoms with van der Waals surface area (Å²) in [7, 11) is 0. The molecule has 0 bridgehead atoms. The molecule has 2 heterocycles. The van der Waals surface area contributed by atoms with E-state index in [1.807, 2.05) is 65.0 Å². The zero-order chi connectivity index (χ0) is 27.1. The molecule has 2 atom stereocenters. The Bertz CT molecular complexity index is 1350. The summed E-state index contributed by atoms with van der Waals surface area (Å²) < 4.78 is 31.7. The number of fused-ring (bicyclic) bond motifs is 1. The number of halogens is 1. The van der Waals surface area contributed by atoms with Gasteiger partial charge in [0.15, 0.2) is 5.79 Å². The summed E-state index contributed by atoms with van der Waals surface area (Å²) in [6.07, 6.45) is 6.48. The standard InChI is InChI=1S/C32H36FNO4/c1-31(2,3)38-28(35)19-24-18-23(36-32(4,5)37-24)16-17-26-29(20-12-14-22(33)15-13-20)25-8-6-7-9-27(25)34-30(26)21-10-11-21/h6-9,12-17,21,23-24H,10-11,18-19H2,1-5H3/b17-16-/t23-,24+/m0/s1. The molecule has 2 aliphatic rings. The van der Waals surface area contributed by atoms with E-state index >= 15 is 0 Å². The lowest BCUT2D eigenvalue weighted by Gasteiger charge is -2.39. The number of hydrogen-bond donors (Lipinski definition) is 0. The molecule has 2 aromatic carbocycles.